The van der Waals surface area contributed by atoms with Gasteiger partial charge >= 0.3 is 0 Å². The Morgan fingerprint density at radius 1 is 1.10 bits per heavy atom. The van der Waals surface area contributed by atoms with Gasteiger partial charge in [0.1, 0.15) is 0 Å². The maximum atomic E-state index is 8.82. The van der Waals surface area contributed by atoms with Gasteiger partial charge in [0.05, 0.1) is 14.1 Å². The van der Waals surface area contributed by atoms with E-state index in [1.165, 1.54) is 23.6 Å². The number of hydrogen-bond donors (Lipinski definition) is 0. The van der Waals surface area contributed by atoms with Crippen LogP contribution in [0.25, 0.3) is 0 Å². The molecule has 1 atom stereocenters. The molecule has 0 amide bonds. The highest BCUT2D eigenvalue weighted by atomic mass is 32.2. The molecule has 3 heteroatoms. The van der Waals surface area contributed by atoms with Crippen molar-refractivity contribution >= 4 is 23.1 Å². The molecular formula is C17H20N2S. The van der Waals surface area contributed by atoms with Crippen LogP contribution in [0.3, 0.4) is 0 Å². The highest BCUT2D eigenvalue weighted by Gasteiger charge is 2.24. The van der Waals surface area contributed by atoms with Crippen molar-refractivity contribution in [2.75, 3.05) is 25.3 Å². The third-order valence-corrected chi connectivity index (χ3v) is 4.27. The van der Waals surface area contributed by atoms with Crippen LogP contribution in [0.4, 0.5) is 11.4 Å². The van der Waals surface area contributed by atoms with Crippen LogP contribution in [-0.4, -0.2) is 31.4 Å². The van der Waals surface area contributed by atoms with Crippen LogP contribution in [0.2, 0.25) is 0 Å². The first-order valence-electron chi connectivity index (χ1n) is 10.3. The van der Waals surface area contributed by atoms with Gasteiger partial charge in [-0.1, -0.05) is 36.0 Å². The lowest BCUT2D eigenvalue weighted by atomic mass is 10.2. The van der Waals surface area contributed by atoms with Crippen molar-refractivity contribution in [2.45, 2.75) is 22.8 Å². The molecule has 0 radical (unpaired) electrons. The molecule has 104 valence electrons. The van der Waals surface area contributed by atoms with E-state index in [0.29, 0.717) is 16.3 Å². The molecular weight excluding hydrogens is 264 g/mol. The second-order valence-electron chi connectivity index (χ2n) is 4.55. The molecule has 3 rings (SSSR count). The van der Waals surface area contributed by atoms with Crippen LogP contribution in [0, 0.1) is 0 Å². The quantitative estimate of drug-likeness (QED) is 0.835. The second kappa shape index (κ2) is 5.51. The first kappa shape index (κ1) is 7.01. The number of fused-ring (bicyclic) bond motifs is 2. The molecule has 1 heterocycles. The van der Waals surface area contributed by atoms with E-state index in [9.17, 15) is 0 Å². The van der Waals surface area contributed by atoms with Crippen LogP contribution >= 0.6 is 11.8 Å². The molecule has 2 aromatic rings. The van der Waals surface area contributed by atoms with E-state index >= 15 is 0 Å². The van der Waals surface area contributed by atoms with Crippen molar-refractivity contribution in [1.82, 2.24) is 4.90 Å². The molecule has 0 bridgehead atoms. The number of likely N-dealkylation sites (N-methyl/N-ethyl adjacent to an activating group) is 1. The first-order chi connectivity index (χ1) is 12.8. The fraction of sp³-hybridized carbons (Fsp3) is 0.294. The molecule has 0 fully saturated rings. The van der Waals surface area contributed by atoms with Crippen molar-refractivity contribution in [2.24, 2.45) is 0 Å². The molecule has 0 spiro atoms. The van der Waals surface area contributed by atoms with Gasteiger partial charge in [0.15, 0.2) is 0 Å². The molecule has 20 heavy (non-hydrogen) atoms. The number of hydrogen-bond acceptors (Lipinski definition) is 3. The Bertz CT molecular complexity index is 805. The van der Waals surface area contributed by atoms with Gasteiger partial charge in [-0.15, -0.1) is 0 Å². The maximum Gasteiger partial charge on any atom is 0.0553 e. The minimum atomic E-state index is -2.98. The third-order valence-electron chi connectivity index (χ3n) is 3.14. The van der Waals surface area contributed by atoms with Gasteiger partial charge in [-0.2, -0.15) is 0 Å². The summed E-state index contributed by atoms with van der Waals surface area (Å²) in [4.78, 5) is 3.33. The summed E-state index contributed by atoms with van der Waals surface area (Å²) in [6, 6.07) is 13.0. The number of anilines is 2. The third kappa shape index (κ3) is 2.43. The fourth-order valence-electron chi connectivity index (χ4n) is 2.09. The zero-order valence-corrected chi connectivity index (χ0v) is 11.8. The molecule has 2 aromatic carbocycles. The van der Waals surface area contributed by atoms with Gasteiger partial charge < -0.3 is 9.80 Å². The number of nitrogens with zero attached hydrogens (tertiary/aromatic N) is 2. The Hall–Kier alpha value is -1.45. The number of benzene rings is 2. The normalized spacial score (nSPS) is 22.8. The summed E-state index contributed by atoms with van der Waals surface area (Å²) in [5.41, 5.74) is 1.14. The average Bonchev–Trinajstić information content (AvgIpc) is 2.56. The molecule has 1 aliphatic heterocycles. The topological polar surface area (TPSA) is 6.48 Å². The predicted molar refractivity (Wildman–Crippen MR) is 87.2 cm³/mol. The molecule has 1 unspecified atom stereocenters. The minimum Gasteiger partial charge on any atom is -0.338 e. The fourth-order valence-corrected chi connectivity index (χ4v) is 3.15. The number of para-hydroxylation sites is 2. The van der Waals surface area contributed by atoms with Gasteiger partial charge in [-0.3, -0.25) is 0 Å². The molecule has 0 N–H and O–H groups in total. The van der Waals surface area contributed by atoms with Crippen molar-refractivity contribution < 1.29 is 11.0 Å². The standard InChI is InChI=1S/C17H20N2S/c1-13(18(2)3)12-19-14-8-4-6-10-16(14)20-17-11-7-5-9-15(17)19/h4-11,13H,12H2,1-3H3/i2D3,3D3,12D2. The Labute approximate surface area is 136 Å². The molecule has 0 aromatic heterocycles. The van der Waals surface area contributed by atoms with Crippen LogP contribution in [-0.2, 0) is 0 Å². The summed E-state index contributed by atoms with van der Waals surface area (Å²) in [5, 5.41) is 0. The summed E-state index contributed by atoms with van der Waals surface area (Å²) in [5.74, 6) is 0. The van der Waals surface area contributed by atoms with Gasteiger partial charge in [0, 0.05) is 30.6 Å². The lowest BCUT2D eigenvalue weighted by Gasteiger charge is -2.36. The highest BCUT2D eigenvalue weighted by molar-refractivity contribution is 7.99. The van der Waals surface area contributed by atoms with Crippen LogP contribution in [0.1, 0.15) is 17.9 Å². The lowest BCUT2D eigenvalue weighted by Crippen LogP contribution is -2.37. The summed E-state index contributed by atoms with van der Waals surface area (Å²) in [6.07, 6.45) is 0. The van der Waals surface area contributed by atoms with E-state index < -0.39 is 26.5 Å². The monoisotopic (exact) mass is 292 g/mol. The predicted octanol–water partition coefficient (Wildman–Crippen LogP) is 4.24. The Morgan fingerprint density at radius 3 is 2.20 bits per heavy atom. The van der Waals surface area contributed by atoms with Gasteiger partial charge in [-0.25, -0.2) is 0 Å². The van der Waals surface area contributed by atoms with E-state index in [1.54, 1.807) is 24.3 Å². The molecule has 0 aliphatic carbocycles. The van der Waals surface area contributed by atoms with Crippen molar-refractivity contribution in [3.63, 3.8) is 0 Å². The van der Waals surface area contributed by atoms with Crippen LogP contribution in [0.15, 0.2) is 58.3 Å². The molecule has 1 aliphatic rings. The Balaban J connectivity index is 2.16. The molecule has 0 saturated heterocycles. The van der Waals surface area contributed by atoms with E-state index in [4.69, 9.17) is 11.0 Å². The summed E-state index contributed by atoms with van der Waals surface area (Å²) in [6.45, 7) is -7.00. The second-order valence-corrected chi connectivity index (χ2v) is 5.63. The van der Waals surface area contributed by atoms with Crippen molar-refractivity contribution in [3.05, 3.63) is 48.5 Å². The average molecular weight is 292 g/mol. The Kier molecular flexibility index (Phi) is 1.93. The van der Waals surface area contributed by atoms with Crippen LogP contribution in [0.5, 0.6) is 0 Å². The van der Waals surface area contributed by atoms with Gasteiger partial charge in [0.25, 0.3) is 0 Å². The largest absolute Gasteiger partial charge is 0.338 e. The highest BCUT2D eigenvalue weighted by Crippen LogP contribution is 2.47. The van der Waals surface area contributed by atoms with Gasteiger partial charge in [-0.05, 0) is 45.1 Å². The van der Waals surface area contributed by atoms with E-state index in [-0.39, 0.29) is 0 Å². The zero-order valence-electron chi connectivity index (χ0n) is 19.0. The van der Waals surface area contributed by atoms with Crippen molar-refractivity contribution in [1.29, 1.82) is 0 Å². The molecule has 2 nitrogen and oxygen atoms in total. The van der Waals surface area contributed by atoms with E-state index in [0.717, 1.165) is 9.79 Å². The minimum absolute atomic E-state index is 0.299. The molecule has 0 saturated carbocycles. The van der Waals surface area contributed by atoms with E-state index in [1.807, 2.05) is 24.3 Å². The summed E-state index contributed by atoms with van der Waals surface area (Å²) >= 11 is 1.49. The Morgan fingerprint density at radius 2 is 1.65 bits per heavy atom. The van der Waals surface area contributed by atoms with Crippen molar-refractivity contribution in [3.8, 4) is 0 Å². The lowest BCUT2D eigenvalue weighted by molar-refractivity contribution is 0.319. The SMILES string of the molecule is [2H]C([2H])([2H])N(C(C)C([2H])([2H])N1c2ccccc2Sc2ccccc21)C([2H])([2H])[2H]. The first-order valence-corrected chi connectivity index (χ1v) is 7.12. The van der Waals surface area contributed by atoms with Gasteiger partial charge in [0.2, 0.25) is 0 Å². The summed E-state index contributed by atoms with van der Waals surface area (Å²) < 4.78 is 63.7. The number of rotatable bonds is 3. The maximum absolute atomic E-state index is 8.82. The van der Waals surface area contributed by atoms with E-state index in [2.05, 4.69) is 0 Å². The smallest absolute Gasteiger partial charge is 0.0553 e. The van der Waals surface area contributed by atoms with Crippen LogP contribution < -0.4 is 4.90 Å². The zero-order chi connectivity index (χ0) is 20.9. The summed E-state index contributed by atoms with van der Waals surface area (Å²) in [7, 11) is 0.